The molecule has 0 aliphatic heterocycles. The lowest BCUT2D eigenvalue weighted by Crippen LogP contribution is -2.20. The smallest absolute Gasteiger partial charge is 0.311 e. The summed E-state index contributed by atoms with van der Waals surface area (Å²) in [7, 11) is 1.31. The first kappa shape index (κ1) is 17.5. The molecule has 2 aromatic heterocycles. The van der Waals surface area contributed by atoms with Gasteiger partial charge in [-0.15, -0.1) is 0 Å². The van der Waals surface area contributed by atoms with Gasteiger partial charge in [-0.1, -0.05) is 18.2 Å². The van der Waals surface area contributed by atoms with E-state index in [1.54, 1.807) is 31.4 Å². The molecule has 0 bridgehead atoms. The van der Waals surface area contributed by atoms with Gasteiger partial charge in [-0.2, -0.15) is 0 Å². The summed E-state index contributed by atoms with van der Waals surface area (Å²) in [5, 5.41) is 3.00. The summed E-state index contributed by atoms with van der Waals surface area (Å²) in [5.74, 6) is 0.254. The summed E-state index contributed by atoms with van der Waals surface area (Å²) in [5.41, 5.74) is 1.76. The van der Waals surface area contributed by atoms with E-state index in [1.165, 1.54) is 11.8 Å². The van der Waals surface area contributed by atoms with Crippen LogP contribution in [0.3, 0.4) is 0 Å². The molecule has 0 spiro atoms. The minimum atomic E-state index is -0.438. The zero-order chi connectivity index (χ0) is 18.5. The second-order valence-corrected chi connectivity index (χ2v) is 5.68. The van der Waals surface area contributed by atoms with Crippen LogP contribution in [-0.2, 0) is 22.5 Å². The molecule has 3 rings (SSSR count). The Morgan fingerprint density at radius 3 is 2.65 bits per heavy atom. The van der Waals surface area contributed by atoms with E-state index in [-0.39, 0.29) is 12.0 Å². The third-order valence-corrected chi connectivity index (χ3v) is 3.94. The van der Waals surface area contributed by atoms with Crippen LogP contribution in [-0.4, -0.2) is 28.6 Å². The Hall–Kier alpha value is -3.35. The van der Waals surface area contributed by atoms with E-state index in [0.29, 0.717) is 35.0 Å². The molecule has 0 saturated carbocycles. The molecule has 0 atom stereocenters. The van der Waals surface area contributed by atoms with Gasteiger partial charge in [-0.25, -0.2) is 4.68 Å². The first-order chi connectivity index (χ1) is 12.6. The number of esters is 1. The molecule has 134 valence electrons. The monoisotopic (exact) mass is 353 g/mol. The molecule has 0 amide bonds. The Morgan fingerprint density at radius 2 is 2.00 bits per heavy atom. The van der Waals surface area contributed by atoms with Crippen molar-refractivity contribution in [2.75, 3.05) is 7.11 Å². The highest BCUT2D eigenvalue weighted by atomic mass is 16.5. The topological polar surface area (TPSA) is 89.6 Å². The number of aliphatic imine (C=N–C) groups is 1. The second-order valence-electron chi connectivity index (χ2n) is 5.68. The van der Waals surface area contributed by atoms with Crippen molar-refractivity contribution in [1.29, 1.82) is 0 Å². The number of rotatable bonds is 6. The van der Waals surface area contributed by atoms with Gasteiger partial charge in [0.15, 0.2) is 0 Å². The third kappa shape index (κ3) is 3.66. The van der Waals surface area contributed by atoms with Crippen molar-refractivity contribution >= 4 is 11.7 Å². The minimum absolute atomic E-state index is 0.0471. The normalized spacial score (nSPS) is 11.5. The quantitative estimate of drug-likeness (QED) is 0.544. The number of carbonyl (C=O) groups excluding carboxylic acids is 1. The van der Waals surface area contributed by atoms with E-state index in [0.717, 1.165) is 0 Å². The number of aromatic amines is 1. The number of para-hydroxylation sites is 1. The van der Waals surface area contributed by atoms with Crippen LogP contribution >= 0.6 is 0 Å². The Bertz CT molecular complexity index is 966. The van der Waals surface area contributed by atoms with Crippen LogP contribution in [0.4, 0.5) is 0 Å². The van der Waals surface area contributed by atoms with E-state index in [1.807, 2.05) is 24.3 Å². The summed E-state index contributed by atoms with van der Waals surface area (Å²) in [6, 6.07) is 12.7. The molecule has 2 heterocycles. The predicted molar refractivity (Wildman–Crippen MR) is 96.7 cm³/mol. The molecule has 0 saturated heterocycles. The molecule has 0 unspecified atom stereocenters. The predicted octanol–water partition coefficient (Wildman–Crippen LogP) is 2.48. The van der Waals surface area contributed by atoms with Gasteiger partial charge in [0.05, 0.1) is 43.3 Å². The summed E-state index contributed by atoms with van der Waals surface area (Å²) >= 11 is 0. The van der Waals surface area contributed by atoms with Crippen molar-refractivity contribution in [1.82, 2.24) is 9.78 Å². The van der Waals surface area contributed by atoms with E-state index in [9.17, 15) is 9.59 Å². The van der Waals surface area contributed by atoms with Gasteiger partial charge in [-0.05, 0) is 31.2 Å². The number of hydrogen-bond donors (Lipinski definition) is 1. The Kier molecular flexibility index (Phi) is 5.17. The number of aromatic nitrogens is 2. The number of H-pyrrole nitrogens is 1. The average molecular weight is 353 g/mol. The maximum atomic E-state index is 12.9. The molecule has 7 nitrogen and oxygen atoms in total. The van der Waals surface area contributed by atoms with Crippen molar-refractivity contribution in [3.05, 3.63) is 76.1 Å². The molecule has 1 N–H and O–H groups in total. The first-order valence-electron chi connectivity index (χ1n) is 8.10. The summed E-state index contributed by atoms with van der Waals surface area (Å²) in [6.07, 6.45) is 1.52. The van der Waals surface area contributed by atoms with E-state index < -0.39 is 5.97 Å². The molecular weight excluding hydrogens is 334 g/mol. The Labute approximate surface area is 149 Å². The molecule has 0 radical (unpaired) electrons. The Balaban J connectivity index is 2.03. The van der Waals surface area contributed by atoms with Gasteiger partial charge < -0.3 is 9.15 Å². The van der Waals surface area contributed by atoms with E-state index in [2.05, 4.69) is 10.1 Å². The molecular formula is C19H19N3O4. The van der Waals surface area contributed by atoms with Crippen molar-refractivity contribution in [3.63, 3.8) is 0 Å². The molecule has 0 aliphatic rings. The number of nitrogens with one attached hydrogen (secondary N) is 1. The summed E-state index contributed by atoms with van der Waals surface area (Å²) < 4.78 is 11.4. The van der Waals surface area contributed by atoms with Crippen molar-refractivity contribution < 1.29 is 13.9 Å². The lowest BCUT2D eigenvalue weighted by molar-refractivity contribution is -0.139. The minimum Gasteiger partial charge on any atom is -0.469 e. The zero-order valence-electron chi connectivity index (χ0n) is 14.6. The number of carbonyl (C=O) groups is 1. The van der Waals surface area contributed by atoms with E-state index in [4.69, 9.17) is 9.15 Å². The molecule has 26 heavy (non-hydrogen) atoms. The van der Waals surface area contributed by atoms with Crippen molar-refractivity contribution in [2.45, 2.75) is 19.9 Å². The van der Waals surface area contributed by atoms with Crippen LogP contribution in [0.25, 0.3) is 5.69 Å². The third-order valence-electron chi connectivity index (χ3n) is 3.94. The SMILES string of the molecule is COC(=O)Cc1[nH]n(-c2ccccc2)c(=O)c1C(C)=NCc1ccco1. The second kappa shape index (κ2) is 7.69. The molecule has 7 heteroatoms. The van der Waals surface area contributed by atoms with Crippen LogP contribution in [0, 0.1) is 0 Å². The number of benzene rings is 1. The Morgan fingerprint density at radius 1 is 1.23 bits per heavy atom. The fraction of sp³-hybridized carbons (Fsp3) is 0.211. The van der Waals surface area contributed by atoms with Crippen molar-refractivity contribution in [2.24, 2.45) is 4.99 Å². The summed E-state index contributed by atoms with van der Waals surface area (Å²) in [6.45, 7) is 2.05. The largest absolute Gasteiger partial charge is 0.469 e. The van der Waals surface area contributed by atoms with Crippen LogP contribution in [0.1, 0.15) is 23.9 Å². The lowest BCUT2D eigenvalue weighted by atomic mass is 10.1. The molecule has 0 aliphatic carbocycles. The first-order valence-corrected chi connectivity index (χ1v) is 8.10. The lowest BCUT2D eigenvalue weighted by Gasteiger charge is -2.01. The van der Waals surface area contributed by atoms with Crippen LogP contribution < -0.4 is 5.56 Å². The van der Waals surface area contributed by atoms with Gasteiger partial charge in [-0.3, -0.25) is 19.7 Å². The number of nitrogens with zero attached hydrogens (tertiary/aromatic N) is 2. The van der Waals surface area contributed by atoms with Gasteiger partial charge in [0.25, 0.3) is 5.56 Å². The van der Waals surface area contributed by atoms with Crippen LogP contribution in [0.2, 0.25) is 0 Å². The van der Waals surface area contributed by atoms with Crippen LogP contribution in [0.15, 0.2) is 62.9 Å². The maximum Gasteiger partial charge on any atom is 0.311 e. The number of hydrogen-bond acceptors (Lipinski definition) is 5. The molecule has 0 fully saturated rings. The fourth-order valence-electron chi connectivity index (χ4n) is 2.64. The highest BCUT2D eigenvalue weighted by molar-refractivity contribution is 6.00. The van der Waals surface area contributed by atoms with Gasteiger partial charge in [0.2, 0.25) is 0 Å². The maximum absolute atomic E-state index is 12.9. The van der Waals surface area contributed by atoms with Gasteiger partial charge in [0.1, 0.15) is 5.76 Å². The number of methoxy groups -OCH3 is 1. The van der Waals surface area contributed by atoms with Gasteiger partial charge in [0, 0.05) is 5.71 Å². The number of furan rings is 1. The highest BCUT2D eigenvalue weighted by Gasteiger charge is 2.20. The molecule has 3 aromatic rings. The zero-order valence-corrected chi connectivity index (χ0v) is 14.6. The van der Waals surface area contributed by atoms with Crippen LogP contribution in [0.5, 0.6) is 0 Å². The highest BCUT2D eigenvalue weighted by Crippen LogP contribution is 2.11. The fourth-order valence-corrected chi connectivity index (χ4v) is 2.64. The summed E-state index contributed by atoms with van der Waals surface area (Å²) in [4.78, 5) is 29.1. The standard InChI is InChI=1S/C19H19N3O4/c1-13(20-12-15-9-6-10-26-15)18-16(11-17(23)25-2)21-22(19(18)24)14-7-4-3-5-8-14/h3-10,21H,11-12H2,1-2H3. The van der Waals surface area contributed by atoms with Gasteiger partial charge >= 0.3 is 5.97 Å². The van der Waals surface area contributed by atoms with E-state index >= 15 is 0 Å². The van der Waals surface area contributed by atoms with Crippen molar-refractivity contribution in [3.8, 4) is 5.69 Å². The molecule has 1 aromatic carbocycles. The average Bonchev–Trinajstić information content (AvgIpc) is 3.28. The number of ether oxygens (including phenoxy) is 1.